The molecule has 1 saturated heterocycles. The Bertz CT molecular complexity index is 449. The second kappa shape index (κ2) is 5.81. The first kappa shape index (κ1) is 13.5. The van der Waals surface area contributed by atoms with Gasteiger partial charge in [0.25, 0.3) is 10.2 Å². The predicted octanol–water partition coefficient (Wildman–Crippen LogP) is 1.18. The largest absolute Gasteiger partial charge is 0.285 e. The van der Waals surface area contributed by atoms with Gasteiger partial charge in [-0.05, 0) is 19.8 Å². The van der Waals surface area contributed by atoms with Crippen LogP contribution in [0.15, 0.2) is 12.4 Å². The third-order valence-corrected chi connectivity index (χ3v) is 4.95. The van der Waals surface area contributed by atoms with Gasteiger partial charge in [0, 0.05) is 30.9 Å². The van der Waals surface area contributed by atoms with Gasteiger partial charge in [-0.2, -0.15) is 22.5 Å². The molecule has 1 aromatic rings. The van der Waals surface area contributed by atoms with Crippen LogP contribution in [0.25, 0.3) is 0 Å². The Morgan fingerprint density at radius 2 is 2.00 bits per heavy atom. The van der Waals surface area contributed by atoms with E-state index in [9.17, 15) is 8.42 Å². The van der Waals surface area contributed by atoms with Crippen molar-refractivity contribution in [2.24, 2.45) is 0 Å². The number of hydrogen-bond acceptors (Lipinski definition) is 3. The zero-order valence-corrected chi connectivity index (χ0v) is 11.4. The number of aromatic amines is 1. The van der Waals surface area contributed by atoms with Crippen LogP contribution in [-0.4, -0.2) is 36.0 Å². The van der Waals surface area contributed by atoms with Crippen molar-refractivity contribution in [1.82, 2.24) is 19.2 Å². The highest BCUT2D eigenvalue weighted by Crippen LogP contribution is 2.16. The maximum atomic E-state index is 12.2. The van der Waals surface area contributed by atoms with Crippen molar-refractivity contribution in [1.29, 1.82) is 0 Å². The second-order valence-corrected chi connectivity index (χ2v) is 6.39. The Kier molecular flexibility index (Phi) is 4.36. The van der Waals surface area contributed by atoms with Gasteiger partial charge in [0.05, 0.1) is 6.20 Å². The van der Waals surface area contributed by atoms with Crippen molar-refractivity contribution in [3.8, 4) is 0 Å². The first-order valence-electron chi connectivity index (χ1n) is 6.36. The summed E-state index contributed by atoms with van der Waals surface area (Å²) in [6.07, 6.45) is 7.46. The Balaban J connectivity index is 2.02. The zero-order chi connectivity index (χ0) is 13.0. The van der Waals surface area contributed by atoms with Gasteiger partial charge in [0.2, 0.25) is 0 Å². The van der Waals surface area contributed by atoms with E-state index in [1.807, 2.05) is 6.92 Å². The molecule has 2 N–H and O–H groups in total. The first-order chi connectivity index (χ1) is 8.59. The lowest BCUT2D eigenvalue weighted by atomic mass is 10.2. The number of rotatable bonds is 4. The van der Waals surface area contributed by atoms with Crippen LogP contribution in [0.2, 0.25) is 0 Å². The van der Waals surface area contributed by atoms with Gasteiger partial charge in [-0.15, -0.1) is 0 Å². The molecular formula is C11H20N4O2S. The zero-order valence-electron chi connectivity index (χ0n) is 10.6. The summed E-state index contributed by atoms with van der Waals surface area (Å²) in [5.74, 6) is 0. The number of aromatic nitrogens is 2. The maximum absolute atomic E-state index is 12.2. The lowest BCUT2D eigenvalue weighted by Crippen LogP contribution is -2.42. The predicted molar refractivity (Wildman–Crippen MR) is 69.1 cm³/mol. The van der Waals surface area contributed by atoms with Crippen LogP contribution in [0.4, 0.5) is 0 Å². The van der Waals surface area contributed by atoms with E-state index >= 15 is 0 Å². The van der Waals surface area contributed by atoms with Gasteiger partial charge in [-0.3, -0.25) is 5.10 Å². The molecule has 1 atom stereocenters. The molecule has 7 heteroatoms. The molecule has 1 unspecified atom stereocenters. The summed E-state index contributed by atoms with van der Waals surface area (Å²) >= 11 is 0. The number of H-pyrrole nitrogens is 1. The molecular weight excluding hydrogens is 252 g/mol. The molecule has 0 amide bonds. The van der Waals surface area contributed by atoms with E-state index in [0.717, 1.165) is 31.2 Å². The molecule has 0 spiro atoms. The number of nitrogens with zero attached hydrogens (tertiary/aromatic N) is 2. The summed E-state index contributed by atoms with van der Waals surface area (Å²) in [6, 6.07) is -0.267. The standard InChI is InChI=1S/C11H20N4O2S/c1-10(11-8-12-13-9-11)14-18(16,17)15-6-4-2-3-5-7-15/h8-10,14H,2-7H2,1H3,(H,12,13). The second-order valence-electron chi connectivity index (χ2n) is 4.69. The van der Waals surface area contributed by atoms with Crippen LogP contribution in [0.5, 0.6) is 0 Å². The average Bonchev–Trinajstić information content (AvgIpc) is 2.70. The average molecular weight is 272 g/mol. The minimum absolute atomic E-state index is 0.267. The number of nitrogens with one attached hydrogen (secondary N) is 2. The lowest BCUT2D eigenvalue weighted by molar-refractivity contribution is 0.410. The summed E-state index contributed by atoms with van der Waals surface area (Å²) in [5.41, 5.74) is 0.841. The van der Waals surface area contributed by atoms with Crippen molar-refractivity contribution in [2.75, 3.05) is 13.1 Å². The maximum Gasteiger partial charge on any atom is 0.279 e. The minimum Gasteiger partial charge on any atom is -0.285 e. The Labute approximate surface area is 108 Å². The van der Waals surface area contributed by atoms with Crippen molar-refractivity contribution in [2.45, 2.75) is 38.6 Å². The third kappa shape index (κ3) is 3.30. The molecule has 1 aliphatic rings. The lowest BCUT2D eigenvalue weighted by Gasteiger charge is -2.22. The van der Waals surface area contributed by atoms with Gasteiger partial charge in [0.15, 0.2) is 0 Å². The van der Waals surface area contributed by atoms with Crippen LogP contribution < -0.4 is 4.72 Å². The minimum atomic E-state index is -3.39. The molecule has 1 aromatic heterocycles. The summed E-state index contributed by atoms with van der Waals surface area (Å²) in [5, 5.41) is 6.51. The number of hydrogen-bond donors (Lipinski definition) is 2. The molecule has 18 heavy (non-hydrogen) atoms. The highest BCUT2D eigenvalue weighted by atomic mass is 32.2. The molecule has 0 radical (unpaired) electrons. The highest BCUT2D eigenvalue weighted by Gasteiger charge is 2.25. The van der Waals surface area contributed by atoms with Crippen LogP contribution in [0, 0.1) is 0 Å². The van der Waals surface area contributed by atoms with E-state index in [1.165, 1.54) is 0 Å². The summed E-state index contributed by atoms with van der Waals surface area (Å²) in [6.45, 7) is 3.06. The van der Waals surface area contributed by atoms with Crippen molar-refractivity contribution < 1.29 is 8.42 Å². The molecule has 6 nitrogen and oxygen atoms in total. The van der Waals surface area contributed by atoms with Gasteiger partial charge >= 0.3 is 0 Å². The molecule has 2 heterocycles. The fourth-order valence-corrected chi connectivity index (χ4v) is 3.62. The monoisotopic (exact) mass is 272 g/mol. The smallest absolute Gasteiger partial charge is 0.279 e. The first-order valence-corrected chi connectivity index (χ1v) is 7.80. The molecule has 0 bridgehead atoms. The SMILES string of the molecule is CC(NS(=O)(=O)N1CCCCCC1)c1cn[nH]c1. The third-order valence-electron chi connectivity index (χ3n) is 3.25. The highest BCUT2D eigenvalue weighted by molar-refractivity contribution is 7.87. The Morgan fingerprint density at radius 3 is 2.56 bits per heavy atom. The normalized spacial score (nSPS) is 20.5. The molecule has 0 aromatic carbocycles. The fourth-order valence-electron chi connectivity index (χ4n) is 2.15. The van der Waals surface area contributed by atoms with E-state index in [-0.39, 0.29) is 6.04 Å². The van der Waals surface area contributed by atoms with Gasteiger partial charge in [0.1, 0.15) is 0 Å². The van der Waals surface area contributed by atoms with Crippen LogP contribution >= 0.6 is 0 Å². The van der Waals surface area contributed by atoms with Crippen LogP contribution in [0.3, 0.4) is 0 Å². The topological polar surface area (TPSA) is 78.1 Å². The summed E-state index contributed by atoms with van der Waals surface area (Å²) in [4.78, 5) is 0. The van der Waals surface area contributed by atoms with E-state index in [1.54, 1.807) is 16.7 Å². The van der Waals surface area contributed by atoms with E-state index in [2.05, 4.69) is 14.9 Å². The van der Waals surface area contributed by atoms with Crippen molar-refractivity contribution in [3.63, 3.8) is 0 Å². The van der Waals surface area contributed by atoms with Crippen molar-refractivity contribution in [3.05, 3.63) is 18.0 Å². The quantitative estimate of drug-likeness (QED) is 0.864. The molecule has 0 aliphatic carbocycles. The van der Waals surface area contributed by atoms with Gasteiger partial charge in [-0.1, -0.05) is 12.8 Å². The molecule has 0 saturated carbocycles. The van der Waals surface area contributed by atoms with E-state index < -0.39 is 10.2 Å². The van der Waals surface area contributed by atoms with Crippen LogP contribution in [-0.2, 0) is 10.2 Å². The van der Waals surface area contributed by atoms with E-state index in [0.29, 0.717) is 13.1 Å². The van der Waals surface area contributed by atoms with Crippen molar-refractivity contribution >= 4 is 10.2 Å². The van der Waals surface area contributed by atoms with Crippen LogP contribution in [0.1, 0.15) is 44.2 Å². The summed E-state index contributed by atoms with van der Waals surface area (Å²) in [7, 11) is -3.39. The molecule has 1 aliphatic heterocycles. The molecule has 102 valence electrons. The van der Waals surface area contributed by atoms with Gasteiger partial charge < -0.3 is 0 Å². The summed E-state index contributed by atoms with van der Waals surface area (Å²) < 4.78 is 28.7. The van der Waals surface area contributed by atoms with Gasteiger partial charge in [-0.25, -0.2) is 0 Å². The Hall–Kier alpha value is -0.920. The molecule has 1 fully saturated rings. The Morgan fingerprint density at radius 1 is 1.33 bits per heavy atom. The fraction of sp³-hybridized carbons (Fsp3) is 0.727. The molecule has 2 rings (SSSR count). The van der Waals surface area contributed by atoms with E-state index in [4.69, 9.17) is 0 Å².